The van der Waals surface area contributed by atoms with Crippen LogP contribution in [0.15, 0.2) is 42.5 Å². The molecule has 0 atom stereocenters. The molecule has 0 fully saturated rings. The summed E-state index contributed by atoms with van der Waals surface area (Å²) in [4.78, 5) is 12.1. The van der Waals surface area contributed by atoms with Crippen LogP contribution in [0.5, 0.6) is 0 Å². The van der Waals surface area contributed by atoms with E-state index in [4.69, 9.17) is 11.6 Å². The van der Waals surface area contributed by atoms with Crippen LogP contribution in [0.3, 0.4) is 0 Å². The highest BCUT2D eigenvalue weighted by Crippen LogP contribution is 2.24. The molecular formula is C17H18ClFN2O3S. The Labute approximate surface area is 151 Å². The van der Waals surface area contributed by atoms with Crippen molar-refractivity contribution in [2.45, 2.75) is 13.5 Å². The fraction of sp³-hybridized carbons (Fsp3) is 0.235. The van der Waals surface area contributed by atoms with Crippen LogP contribution in [0.2, 0.25) is 5.02 Å². The molecule has 25 heavy (non-hydrogen) atoms. The van der Waals surface area contributed by atoms with Crippen LogP contribution >= 0.6 is 11.6 Å². The summed E-state index contributed by atoms with van der Waals surface area (Å²) in [6.45, 7) is 1.59. The third kappa shape index (κ3) is 5.44. The zero-order valence-electron chi connectivity index (χ0n) is 13.8. The number of carbonyl (C=O) groups excluding carboxylic acids is 1. The minimum absolute atomic E-state index is 0.172. The lowest BCUT2D eigenvalue weighted by atomic mass is 10.2. The van der Waals surface area contributed by atoms with Crippen molar-refractivity contribution in [1.82, 2.24) is 5.32 Å². The first-order valence-corrected chi connectivity index (χ1v) is 9.64. The van der Waals surface area contributed by atoms with Gasteiger partial charge in [-0.3, -0.25) is 9.10 Å². The van der Waals surface area contributed by atoms with E-state index >= 15 is 0 Å². The van der Waals surface area contributed by atoms with Crippen molar-refractivity contribution >= 4 is 33.2 Å². The van der Waals surface area contributed by atoms with Gasteiger partial charge >= 0.3 is 0 Å². The lowest BCUT2D eigenvalue weighted by molar-refractivity contribution is -0.119. The molecule has 0 heterocycles. The maximum atomic E-state index is 12.9. The van der Waals surface area contributed by atoms with Crippen LogP contribution in [-0.2, 0) is 21.4 Å². The van der Waals surface area contributed by atoms with E-state index in [-0.39, 0.29) is 18.9 Å². The Balaban J connectivity index is 2.10. The largest absolute Gasteiger partial charge is 0.350 e. The normalized spacial score (nSPS) is 11.2. The van der Waals surface area contributed by atoms with Crippen molar-refractivity contribution in [3.63, 3.8) is 0 Å². The van der Waals surface area contributed by atoms with Gasteiger partial charge in [-0.05, 0) is 42.3 Å². The van der Waals surface area contributed by atoms with Crippen LogP contribution < -0.4 is 9.62 Å². The van der Waals surface area contributed by atoms with Gasteiger partial charge in [0.2, 0.25) is 15.9 Å². The molecule has 0 aliphatic heterocycles. The number of benzene rings is 2. The molecule has 1 amide bonds. The second kappa shape index (κ2) is 7.84. The summed E-state index contributed by atoms with van der Waals surface area (Å²) in [5, 5.41) is 3.03. The molecule has 2 aromatic rings. The monoisotopic (exact) mass is 384 g/mol. The van der Waals surface area contributed by atoms with Crippen molar-refractivity contribution in [2.75, 3.05) is 17.1 Å². The minimum atomic E-state index is -3.67. The molecule has 0 radical (unpaired) electrons. The molecule has 0 unspecified atom stereocenters. The number of anilines is 1. The molecule has 134 valence electrons. The molecule has 0 aliphatic carbocycles. The number of sulfonamides is 1. The standard InChI is InChI=1S/C17H18ClFN2O3S/c1-12-3-8-15(9-16(12)18)21(25(2,23)24)11-17(22)20-10-13-4-6-14(19)7-5-13/h3-9H,10-11H2,1-2H3,(H,20,22). The summed E-state index contributed by atoms with van der Waals surface area (Å²) >= 11 is 6.05. The predicted octanol–water partition coefficient (Wildman–Crippen LogP) is 2.87. The van der Waals surface area contributed by atoms with Gasteiger partial charge in [0.1, 0.15) is 12.4 Å². The zero-order chi connectivity index (χ0) is 18.6. The van der Waals surface area contributed by atoms with Crippen molar-refractivity contribution in [2.24, 2.45) is 0 Å². The number of nitrogens with zero attached hydrogens (tertiary/aromatic N) is 1. The van der Waals surface area contributed by atoms with Gasteiger partial charge in [0.05, 0.1) is 11.9 Å². The first-order valence-electron chi connectivity index (χ1n) is 7.42. The van der Waals surface area contributed by atoms with E-state index in [1.165, 1.54) is 18.2 Å². The van der Waals surface area contributed by atoms with Gasteiger partial charge in [0.15, 0.2) is 0 Å². The van der Waals surface area contributed by atoms with E-state index in [0.717, 1.165) is 16.1 Å². The average molecular weight is 385 g/mol. The highest BCUT2D eigenvalue weighted by atomic mass is 35.5. The van der Waals surface area contributed by atoms with E-state index in [1.807, 2.05) is 0 Å². The molecule has 0 spiro atoms. The third-order valence-corrected chi connectivity index (χ3v) is 5.08. The number of carbonyl (C=O) groups is 1. The summed E-state index contributed by atoms with van der Waals surface area (Å²) < 4.78 is 37.9. The molecule has 0 aliphatic rings. The number of hydrogen-bond donors (Lipinski definition) is 1. The Morgan fingerprint density at radius 1 is 1.20 bits per heavy atom. The van der Waals surface area contributed by atoms with Crippen LogP contribution in [0.4, 0.5) is 10.1 Å². The molecule has 0 saturated carbocycles. The van der Waals surface area contributed by atoms with Gasteiger partial charge in [-0.15, -0.1) is 0 Å². The molecule has 2 rings (SSSR count). The third-order valence-electron chi connectivity index (χ3n) is 3.53. The quantitative estimate of drug-likeness (QED) is 0.832. The first-order chi connectivity index (χ1) is 11.7. The predicted molar refractivity (Wildman–Crippen MR) is 96.6 cm³/mol. The van der Waals surface area contributed by atoms with Crippen molar-refractivity contribution in [1.29, 1.82) is 0 Å². The van der Waals surface area contributed by atoms with Gasteiger partial charge < -0.3 is 5.32 Å². The maximum Gasteiger partial charge on any atom is 0.241 e. The fourth-order valence-electron chi connectivity index (χ4n) is 2.13. The van der Waals surface area contributed by atoms with Crippen LogP contribution in [0, 0.1) is 12.7 Å². The average Bonchev–Trinajstić information content (AvgIpc) is 2.54. The number of aryl methyl sites for hydroxylation is 1. The Bertz CT molecular complexity index is 870. The molecule has 0 bridgehead atoms. The molecule has 0 saturated heterocycles. The molecule has 8 heteroatoms. The second-order valence-corrected chi connectivity index (χ2v) is 7.92. The van der Waals surface area contributed by atoms with Gasteiger partial charge in [0.25, 0.3) is 0 Å². The van der Waals surface area contributed by atoms with Crippen molar-refractivity contribution in [3.05, 3.63) is 64.4 Å². The smallest absolute Gasteiger partial charge is 0.241 e. The van der Waals surface area contributed by atoms with E-state index in [2.05, 4.69) is 5.32 Å². The number of nitrogens with one attached hydrogen (secondary N) is 1. The number of rotatable bonds is 6. The lowest BCUT2D eigenvalue weighted by Gasteiger charge is -2.22. The van der Waals surface area contributed by atoms with Crippen LogP contribution in [0.25, 0.3) is 0 Å². The molecular weight excluding hydrogens is 367 g/mol. The van der Waals surface area contributed by atoms with E-state index in [0.29, 0.717) is 16.3 Å². The Morgan fingerprint density at radius 3 is 2.40 bits per heavy atom. The fourth-order valence-corrected chi connectivity index (χ4v) is 3.15. The minimum Gasteiger partial charge on any atom is -0.350 e. The van der Waals surface area contributed by atoms with Crippen LogP contribution in [-0.4, -0.2) is 27.1 Å². The van der Waals surface area contributed by atoms with E-state index in [9.17, 15) is 17.6 Å². The summed E-state index contributed by atoms with van der Waals surface area (Å²) in [5.74, 6) is -0.846. The Hall–Kier alpha value is -2.12. The molecule has 2 aromatic carbocycles. The summed E-state index contributed by atoms with van der Waals surface area (Å²) in [6.07, 6.45) is 1.02. The maximum absolute atomic E-state index is 12.9. The SMILES string of the molecule is Cc1ccc(N(CC(=O)NCc2ccc(F)cc2)S(C)(=O)=O)cc1Cl. The Morgan fingerprint density at radius 2 is 1.84 bits per heavy atom. The molecule has 1 N–H and O–H groups in total. The summed E-state index contributed by atoms with van der Waals surface area (Å²) in [7, 11) is -3.67. The highest BCUT2D eigenvalue weighted by Gasteiger charge is 2.21. The molecule has 5 nitrogen and oxygen atoms in total. The number of amides is 1. The zero-order valence-corrected chi connectivity index (χ0v) is 15.4. The first kappa shape index (κ1) is 19.2. The highest BCUT2D eigenvalue weighted by molar-refractivity contribution is 7.92. The van der Waals surface area contributed by atoms with E-state index < -0.39 is 15.9 Å². The summed E-state index contributed by atoms with van der Waals surface area (Å²) in [5.41, 5.74) is 1.83. The van der Waals surface area contributed by atoms with Gasteiger partial charge in [-0.1, -0.05) is 29.8 Å². The van der Waals surface area contributed by atoms with Gasteiger partial charge in [0, 0.05) is 11.6 Å². The van der Waals surface area contributed by atoms with Crippen LogP contribution in [0.1, 0.15) is 11.1 Å². The second-order valence-electron chi connectivity index (χ2n) is 5.61. The van der Waals surface area contributed by atoms with Gasteiger partial charge in [-0.25, -0.2) is 12.8 Å². The van der Waals surface area contributed by atoms with Gasteiger partial charge in [-0.2, -0.15) is 0 Å². The van der Waals surface area contributed by atoms with Crippen molar-refractivity contribution in [3.8, 4) is 0 Å². The number of hydrogen-bond acceptors (Lipinski definition) is 3. The Kier molecular flexibility index (Phi) is 6.02. The summed E-state index contributed by atoms with van der Waals surface area (Å²) in [6, 6.07) is 10.5. The lowest BCUT2D eigenvalue weighted by Crippen LogP contribution is -2.40. The topological polar surface area (TPSA) is 66.5 Å². The van der Waals surface area contributed by atoms with Crippen molar-refractivity contribution < 1.29 is 17.6 Å². The van der Waals surface area contributed by atoms with E-state index in [1.54, 1.807) is 31.2 Å². The molecule has 0 aromatic heterocycles. The number of halogens is 2.